The fourth-order valence-electron chi connectivity index (χ4n) is 1.19. The highest BCUT2D eigenvalue weighted by Crippen LogP contribution is 2.19. The Morgan fingerprint density at radius 3 is 2.56 bits per heavy atom. The molecular weight excluding hydrogens is 232 g/mol. The maximum atomic E-state index is 5.47. The van der Waals surface area contributed by atoms with Gasteiger partial charge >= 0.3 is 0 Å². The predicted molar refractivity (Wildman–Crippen MR) is 69.7 cm³/mol. The second-order valence-corrected chi connectivity index (χ2v) is 3.28. The lowest BCUT2D eigenvalue weighted by atomic mass is 10.3. The van der Waals surface area contributed by atoms with Crippen molar-refractivity contribution < 1.29 is 18.9 Å². The van der Waals surface area contributed by atoms with Crippen LogP contribution in [0.5, 0.6) is 11.5 Å². The zero-order valence-corrected chi connectivity index (χ0v) is 10.3. The lowest BCUT2D eigenvalue weighted by Crippen LogP contribution is -2.05. The first kappa shape index (κ1) is 14.1. The van der Waals surface area contributed by atoms with E-state index in [1.807, 2.05) is 18.2 Å². The SMILES string of the molecule is C=CCOCOc1cccc(OCCOC=C)c1. The van der Waals surface area contributed by atoms with Crippen LogP contribution in [0.1, 0.15) is 0 Å². The van der Waals surface area contributed by atoms with E-state index in [1.165, 1.54) is 6.26 Å². The normalized spacial score (nSPS) is 9.56. The molecule has 0 N–H and O–H groups in total. The van der Waals surface area contributed by atoms with Crippen molar-refractivity contribution in [1.29, 1.82) is 0 Å². The molecule has 0 fully saturated rings. The zero-order valence-electron chi connectivity index (χ0n) is 10.3. The molecule has 4 nitrogen and oxygen atoms in total. The summed E-state index contributed by atoms with van der Waals surface area (Å²) in [6, 6.07) is 7.34. The molecule has 0 spiro atoms. The van der Waals surface area contributed by atoms with Crippen LogP contribution in [0.25, 0.3) is 0 Å². The topological polar surface area (TPSA) is 36.9 Å². The molecule has 0 atom stereocenters. The van der Waals surface area contributed by atoms with Gasteiger partial charge in [-0.05, 0) is 12.1 Å². The molecule has 0 heterocycles. The van der Waals surface area contributed by atoms with Crippen molar-refractivity contribution in [3.63, 3.8) is 0 Å². The summed E-state index contributed by atoms with van der Waals surface area (Å²) < 4.78 is 20.9. The van der Waals surface area contributed by atoms with E-state index in [0.29, 0.717) is 25.6 Å². The number of benzene rings is 1. The quantitative estimate of drug-likeness (QED) is 0.277. The number of hydrogen-bond donors (Lipinski definition) is 0. The first-order valence-electron chi connectivity index (χ1n) is 5.63. The van der Waals surface area contributed by atoms with Crippen molar-refractivity contribution >= 4 is 0 Å². The molecule has 1 rings (SSSR count). The molecule has 0 saturated carbocycles. The molecule has 98 valence electrons. The van der Waals surface area contributed by atoms with Crippen molar-refractivity contribution in [2.45, 2.75) is 0 Å². The van der Waals surface area contributed by atoms with Crippen LogP contribution in [-0.2, 0) is 9.47 Å². The minimum atomic E-state index is 0.190. The molecule has 4 heteroatoms. The van der Waals surface area contributed by atoms with E-state index in [0.717, 1.165) is 5.75 Å². The van der Waals surface area contributed by atoms with E-state index in [1.54, 1.807) is 12.1 Å². The minimum Gasteiger partial charge on any atom is -0.498 e. The Labute approximate surface area is 107 Å². The van der Waals surface area contributed by atoms with Gasteiger partial charge in [0.15, 0.2) is 6.79 Å². The summed E-state index contributed by atoms with van der Waals surface area (Å²) in [7, 11) is 0. The van der Waals surface area contributed by atoms with E-state index in [9.17, 15) is 0 Å². The average Bonchev–Trinajstić information content (AvgIpc) is 2.40. The molecule has 0 radical (unpaired) electrons. The molecule has 0 bridgehead atoms. The van der Waals surface area contributed by atoms with Gasteiger partial charge in [-0.2, -0.15) is 0 Å². The van der Waals surface area contributed by atoms with Crippen molar-refractivity contribution in [3.8, 4) is 11.5 Å². The fraction of sp³-hybridized carbons (Fsp3) is 0.286. The fourth-order valence-corrected chi connectivity index (χ4v) is 1.19. The third-order valence-electron chi connectivity index (χ3n) is 1.94. The summed E-state index contributed by atoms with van der Waals surface area (Å²) in [5.41, 5.74) is 0. The summed E-state index contributed by atoms with van der Waals surface area (Å²) in [6.45, 7) is 8.59. The lowest BCUT2D eigenvalue weighted by Gasteiger charge is -2.09. The summed E-state index contributed by atoms with van der Waals surface area (Å²) in [4.78, 5) is 0. The average molecular weight is 250 g/mol. The maximum absolute atomic E-state index is 5.47. The van der Waals surface area contributed by atoms with Crippen LogP contribution in [-0.4, -0.2) is 26.6 Å². The molecule has 0 amide bonds. The molecular formula is C14H18O4. The number of ether oxygens (including phenoxy) is 4. The Hall–Kier alpha value is -1.94. The molecule has 0 aliphatic carbocycles. The van der Waals surface area contributed by atoms with Crippen LogP contribution < -0.4 is 9.47 Å². The van der Waals surface area contributed by atoms with E-state index in [4.69, 9.17) is 18.9 Å². The third-order valence-corrected chi connectivity index (χ3v) is 1.94. The molecule has 18 heavy (non-hydrogen) atoms. The first-order chi connectivity index (χ1) is 8.86. The highest BCUT2D eigenvalue weighted by molar-refractivity contribution is 5.32. The first-order valence-corrected chi connectivity index (χ1v) is 5.63. The van der Waals surface area contributed by atoms with Crippen molar-refractivity contribution in [3.05, 3.63) is 49.8 Å². The molecule has 0 aliphatic rings. The summed E-state index contributed by atoms with van der Waals surface area (Å²) in [5.74, 6) is 1.42. The smallest absolute Gasteiger partial charge is 0.189 e. The molecule has 0 aliphatic heterocycles. The predicted octanol–water partition coefficient (Wildman–Crippen LogP) is 2.76. The van der Waals surface area contributed by atoms with Gasteiger partial charge in [0.1, 0.15) is 24.7 Å². The van der Waals surface area contributed by atoms with E-state index >= 15 is 0 Å². The van der Waals surface area contributed by atoms with Gasteiger partial charge in [0.05, 0.1) is 12.9 Å². The highest BCUT2D eigenvalue weighted by atomic mass is 16.7. The Kier molecular flexibility index (Phi) is 7.16. The molecule has 1 aromatic carbocycles. The Morgan fingerprint density at radius 2 is 1.83 bits per heavy atom. The van der Waals surface area contributed by atoms with Crippen molar-refractivity contribution in [2.24, 2.45) is 0 Å². The minimum absolute atomic E-state index is 0.190. The summed E-state index contributed by atoms with van der Waals surface area (Å²) in [6.07, 6.45) is 3.06. The van der Waals surface area contributed by atoms with Gasteiger partial charge in [-0.1, -0.05) is 18.7 Å². The van der Waals surface area contributed by atoms with Crippen molar-refractivity contribution in [2.75, 3.05) is 26.6 Å². The highest BCUT2D eigenvalue weighted by Gasteiger charge is 1.97. The number of hydrogen-bond acceptors (Lipinski definition) is 4. The van der Waals surface area contributed by atoms with Gasteiger partial charge in [-0.25, -0.2) is 0 Å². The van der Waals surface area contributed by atoms with Gasteiger partial charge in [0.2, 0.25) is 0 Å². The van der Waals surface area contributed by atoms with E-state index < -0.39 is 0 Å². The second kappa shape index (κ2) is 9.13. The van der Waals surface area contributed by atoms with Crippen LogP contribution >= 0.6 is 0 Å². The van der Waals surface area contributed by atoms with Gasteiger partial charge < -0.3 is 18.9 Å². The molecule has 0 saturated heterocycles. The molecule has 0 aromatic heterocycles. The largest absolute Gasteiger partial charge is 0.498 e. The maximum Gasteiger partial charge on any atom is 0.189 e. The van der Waals surface area contributed by atoms with Crippen LogP contribution in [0.15, 0.2) is 49.8 Å². The van der Waals surface area contributed by atoms with E-state index in [-0.39, 0.29) is 6.79 Å². The number of rotatable bonds is 10. The van der Waals surface area contributed by atoms with Crippen LogP contribution in [0, 0.1) is 0 Å². The summed E-state index contributed by atoms with van der Waals surface area (Å²) >= 11 is 0. The Morgan fingerprint density at radius 1 is 1.06 bits per heavy atom. The van der Waals surface area contributed by atoms with Gasteiger partial charge in [-0.3, -0.25) is 0 Å². The monoisotopic (exact) mass is 250 g/mol. The standard InChI is InChI=1S/C14H18O4/c1-3-8-16-12-18-14-7-5-6-13(11-14)17-10-9-15-4-2/h3-7,11H,1-2,8-10,12H2. The van der Waals surface area contributed by atoms with Crippen LogP contribution in [0.2, 0.25) is 0 Å². The van der Waals surface area contributed by atoms with Crippen LogP contribution in [0.4, 0.5) is 0 Å². The second-order valence-electron chi connectivity index (χ2n) is 3.28. The van der Waals surface area contributed by atoms with Crippen LogP contribution in [0.3, 0.4) is 0 Å². The Bertz CT molecular complexity index is 331. The van der Waals surface area contributed by atoms with Gasteiger partial charge in [0.25, 0.3) is 0 Å². The Balaban J connectivity index is 2.31. The lowest BCUT2D eigenvalue weighted by molar-refractivity contribution is 0.0306. The van der Waals surface area contributed by atoms with Gasteiger partial charge in [0, 0.05) is 6.07 Å². The third kappa shape index (κ3) is 5.96. The van der Waals surface area contributed by atoms with Crippen molar-refractivity contribution in [1.82, 2.24) is 0 Å². The summed E-state index contributed by atoms with van der Waals surface area (Å²) in [5, 5.41) is 0. The van der Waals surface area contributed by atoms with E-state index in [2.05, 4.69) is 13.2 Å². The molecule has 1 aromatic rings. The molecule has 0 unspecified atom stereocenters. The zero-order chi connectivity index (χ0) is 13.1. The van der Waals surface area contributed by atoms with Gasteiger partial charge in [-0.15, -0.1) is 6.58 Å².